The van der Waals surface area contributed by atoms with Gasteiger partial charge in [0.15, 0.2) is 11.4 Å². The highest BCUT2D eigenvalue weighted by molar-refractivity contribution is 5.69. The van der Waals surface area contributed by atoms with Crippen LogP contribution in [0.25, 0.3) is 0 Å². The summed E-state index contributed by atoms with van der Waals surface area (Å²) in [6, 6.07) is 0.785. The molecule has 0 aliphatic rings. The van der Waals surface area contributed by atoms with Crippen molar-refractivity contribution in [3.63, 3.8) is 0 Å². The Balaban J connectivity index is 3.50. The summed E-state index contributed by atoms with van der Waals surface area (Å²) in [6.07, 6.45) is 0. The van der Waals surface area contributed by atoms with E-state index in [4.69, 9.17) is 10.5 Å². The second-order valence-electron chi connectivity index (χ2n) is 2.71. The third kappa shape index (κ3) is 1.46. The van der Waals surface area contributed by atoms with E-state index in [2.05, 4.69) is 0 Å². The van der Waals surface area contributed by atoms with E-state index in [9.17, 15) is 14.5 Å². The number of ether oxygens (including phenoxy) is 1. The molecule has 14 heavy (non-hydrogen) atoms. The second kappa shape index (κ2) is 3.49. The first-order valence-electron chi connectivity index (χ1n) is 3.76. The maximum absolute atomic E-state index is 13.1. The first-order chi connectivity index (χ1) is 6.49. The van der Waals surface area contributed by atoms with Crippen LogP contribution in [-0.2, 0) is 0 Å². The van der Waals surface area contributed by atoms with E-state index >= 15 is 0 Å². The van der Waals surface area contributed by atoms with Crippen LogP contribution in [0, 0.1) is 22.9 Å². The summed E-state index contributed by atoms with van der Waals surface area (Å²) < 4.78 is 17.9. The second-order valence-corrected chi connectivity index (χ2v) is 2.71. The van der Waals surface area contributed by atoms with Crippen LogP contribution >= 0.6 is 0 Å². The number of nitro groups is 1. The van der Waals surface area contributed by atoms with Crippen molar-refractivity contribution in [1.29, 1.82) is 0 Å². The fourth-order valence-electron chi connectivity index (χ4n) is 1.15. The van der Waals surface area contributed by atoms with Crippen molar-refractivity contribution in [2.75, 3.05) is 12.8 Å². The quantitative estimate of drug-likeness (QED) is 0.447. The average Bonchev–Trinajstić information content (AvgIpc) is 2.12. The Kier molecular flexibility index (Phi) is 2.55. The molecule has 0 atom stereocenters. The van der Waals surface area contributed by atoms with Crippen LogP contribution in [0.3, 0.4) is 0 Å². The molecule has 0 bridgehead atoms. The molecule has 0 heterocycles. The number of methoxy groups -OCH3 is 1. The van der Waals surface area contributed by atoms with Gasteiger partial charge in [0.2, 0.25) is 0 Å². The molecule has 0 unspecified atom stereocenters. The van der Waals surface area contributed by atoms with E-state index < -0.39 is 16.4 Å². The Morgan fingerprint density at radius 1 is 1.64 bits per heavy atom. The summed E-state index contributed by atoms with van der Waals surface area (Å²) in [7, 11) is 1.28. The maximum Gasteiger partial charge on any atom is 0.298 e. The minimum Gasteiger partial charge on any atom is -0.494 e. The van der Waals surface area contributed by atoms with Crippen LogP contribution in [-0.4, -0.2) is 12.0 Å². The van der Waals surface area contributed by atoms with E-state index in [-0.39, 0.29) is 17.0 Å². The van der Waals surface area contributed by atoms with Gasteiger partial charge in [0.25, 0.3) is 5.69 Å². The van der Waals surface area contributed by atoms with Crippen LogP contribution in [0.4, 0.5) is 15.8 Å². The molecule has 6 heteroatoms. The number of hydrogen-bond donors (Lipinski definition) is 1. The molecule has 1 aromatic rings. The minimum absolute atomic E-state index is 0.0108. The summed E-state index contributed by atoms with van der Waals surface area (Å²) in [4.78, 5) is 9.71. The number of anilines is 1. The Morgan fingerprint density at radius 3 is 2.64 bits per heavy atom. The van der Waals surface area contributed by atoms with E-state index in [1.165, 1.54) is 14.0 Å². The van der Waals surface area contributed by atoms with Crippen LogP contribution in [0.2, 0.25) is 0 Å². The fraction of sp³-hybridized carbons (Fsp3) is 0.250. The third-order valence-corrected chi connectivity index (χ3v) is 1.88. The summed E-state index contributed by atoms with van der Waals surface area (Å²) in [5.74, 6) is -0.695. The highest BCUT2D eigenvalue weighted by Gasteiger charge is 2.21. The SMILES string of the molecule is COc1c(C)c(F)cc([N+](=O)[O-])c1N. The van der Waals surface area contributed by atoms with Gasteiger partial charge in [-0.3, -0.25) is 10.1 Å². The highest BCUT2D eigenvalue weighted by Crippen LogP contribution is 2.35. The Labute approximate surface area is 79.4 Å². The molecule has 2 N–H and O–H groups in total. The third-order valence-electron chi connectivity index (χ3n) is 1.88. The molecule has 76 valence electrons. The van der Waals surface area contributed by atoms with Crippen molar-refractivity contribution < 1.29 is 14.1 Å². The summed E-state index contributed by atoms with van der Waals surface area (Å²) in [5, 5.41) is 10.5. The summed E-state index contributed by atoms with van der Waals surface area (Å²) >= 11 is 0. The maximum atomic E-state index is 13.1. The highest BCUT2D eigenvalue weighted by atomic mass is 19.1. The number of nitrogen functional groups attached to an aromatic ring is 1. The van der Waals surface area contributed by atoms with Crippen molar-refractivity contribution in [3.05, 3.63) is 27.6 Å². The van der Waals surface area contributed by atoms with Gasteiger partial charge in [0.05, 0.1) is 18.1 Å². The van der Waals surface area contributed by atoms with Gasteiger partial charge in [-0.25, -0.2) is 4.39 Å². The van der Waals surface area contributed by atoms with Gasteiger partial charge in [-0.1, -0.05) is 0 Å². The zero-order valence-electron chi connectivity index (χ0n) is 7.70. The Hall–Kier alpha value is -1.85. The molecular weight excluding hydrogens is 191 g/mol. The molecule has 0 aliphatic carbocycles. The van der Waals surface area contributed by atoms with Crippen molar-refractivity contribution in [3.8, 4) is 5.75 Å². The van der Waals surface area contributed by atoms with Gasteiger partial charge < -0.3 is 10.5 Å². The molecule has 0 radical (unpaired) electrons. The zero-order chi connectivity index (χ0) is 10.9. The summed E-state index contributed by atoms with van der Waals surface area (Å²) in [6.45, 7) is 1.44. The first-order valence-corrected chi connectivity index (χ1v) is 3.76. The first kappa shape index (κ1) is 10.2. The predicted octanol–water partition coefficient (Wildman–Crippen LogP) is 1.63. The van der Waals surface area contributed by atoms with Crippen molar-refractivity contribution >= 4 is 11.4 Å². The average molecular weight is 200 g/mol. The van der Waals surface area contributed by atoms with Crippen LogP contribution in [0.5, 0.6) is 5.75 Å². The number of rotatable bonds is 2. The molecule has 0 saturated heterocycles. The van der Waals surface area contributed by atoms with Crippen LogP contribution in [0.15, 0.2) is 6.07 Å². The van der Waals surface area contributed by atoms with Gasteiger partial charge in [-0.05, 0) is 6.92 Å². The predicted molar refractivity (Wildman–Crippen MR) is 48.8 cm³/mol. The van der Waals surface area contributed by atoms with Gasteiger partial charge >= 0.3 is 0 Å². The molecule has 0 spiro atoms. The van der Waals surface area contributed by atoms with Crippen molar-refractivity contribution in [1.82, 2.24) is 0 Å². The lowest BCUT2D eigenvalue weighted by Crippen LogP contribution is -2.02. The standard InChI is InChI=1S/C8H9FN2O3/c1-4-5(9)3-6(11(12)13)7(10)8(4)14-2/h3H,10H2,1-2H3. The Bertz CT molecular complexity index is 393. The van der Waals surface area contributed by atoms with E-state index in [0.717, 1.165) is 6.07 Å². The molecule has 0 saturated carbocycles. The number of hydrogen-bond acceptors (Lipinski definition) is 4. The van der Waals surface area contributed by atoms with Crippen molar-refractivity contribution in [2.24, 2.45) is 0 Å². The van der Waals surface area contributed by atoms with Gasteiger partial charge in [-0.2, -0.15) is 0 Å². The van der Waals surface area contributed by atoms with Gasteiger partial charge in [0, 0.05) is 5.56 Å². The van der Waals surface area contributed by atoms with Gasteiger partial charge in [0.1, 0.15) is 5.82 Å². The number of nitrogens with two attached hydrogens (primary N) is 1. The minimum atomic E-state index is -0.750. The molecular formula is C8H9FN2O3. The molecule has 0 fully saturated rings. The van der Waals surface area contributed by atoms with E-state index in [1.807, 2.05) is 0 Å². The van der Waals surface area contributed by atoms with E-state index in [0.29, 0.717) is 0 Å². The molecule has 0 amide bonds. The number of nitro benzene ring substituents is 1. The van der Waals surface area contributed by atoms with Crippen LogP contribution in [0.1, 0.15) is 5.56 Å². The molecule has 1 aromatic carbocycles. The Morgan fingerprint density at radius 2 is 2.21 bits per heavy atom. The molecule has 1 rings (SSSR count). The lowest BCUT2D eigenvalue weighted by molar-refractivity contribution is -0.384. The zero-order valence-corrected chi connectivity index (χ0v) is 7.70. The number of halogens is 1. The van der Waals surface area contributed by atoms with Crippen molar-refractivity contribution in [2.45, 2.75) is 6.92 Å². The fourth-order valence-corrected chi connectivity index (χ4v) is 1.15. The monoisotopic (exact) mass is 200 g/mol. The lowest BCUT2D eigenvalue weighted by atomic mass is 10.1. The molecule has 5 nitrogen and oxygen atoms in total. The summed E-state index contributed by atoms with van der Waals surface area (Å²) in [5.41, 5.74) is 4.96. The normalized spacial score (nSPS) is 9.93. The smallest absolute Gasteiger partial charge is 0.298 e. The number of benzene rings is 1. The van der Waals surface area contributed by atoms with Gasteiger partial charge in [-0.15, -0.1) is 0 Å². The molecule has 0 aliphatic heterocycles. The number of nitrogens with zero attached hydrogens (tertiary/aromatic N) is 1. The topological polar surface area (TPSA) is 78.4 Å². The van der Waals surface area contributed by atoms with E-state index in [1.54, 1.807) is 0 Å². The lowest BCUT2D eigenvalue weighted by Gasteiger charge is -2.08. The molecule has 0 aromatic heterocycles. The largest absolute Gasteiger partial charge is 0.494 e. The van der Waals surface area contributed by atoms with Crippen LogP contribution < -0.4 is 10.5 Å².